The fourth-order valence-electron chi connectivity index (χ4n) is 0.624. The van der Waals surface area contributed by atoms with Gasteiger partial charge in [0.1, 0.15) is 0 Å². The highest BCUT2D eigenvalue weighted by Crippen LogP contribution is 2.42. The molecule has 1 nitrogen and oxygen atoms in total. The molecule has 0 aliphatic heterocycles. The topological polar surface area (TPSA) is 9.23 Å². The van der Waals surface area contributed by atoms with Crippen LogP contribution in [0.5, 0.6) is 0 Å². The molecule has 0 N–H and O–H groups in total. The maximum atomic E-state index is 12.4. The van der Waals surface area contributed by atoms with Crippen molar-refractivity contribution in [3.8, 4) is 0 Å². The largest absolute Gasteiger partial charge is 0.419 e. The van der Waals surface area contributed by atoms with Crippen molar-refractivity contribution in [1.29, 1.82) is 0 Å². The second-order valence-electron chi connectivity index (χ2n) is 2.59. The van der Waals surface area contributed by atoms with Crippen LogP contribution in [0.2, 0.25) is 0 Å². The molecule has 0 heterocycles. The Morgan fingerprint density at radius 3 is 1.71 bits per heavy atom. The van der Waals surface area contributed by atoms with Crippen molar-refractivity contribution < 1.29 is 35.5 Å². The first kappa shape index (κ1) is 13.5. The summed E-state index contributed by atoms with van der Waals surface area (Å²) in [5, 5.41) is 0. The van der Waals surface area contributed by atoms with Crippen molar-refractivity contribution in [2.45, 2.75) is 24.4 Å². The standard InChI is InChI=1S/C6H7F7O/c1-14-6(12,13)5(10,11)2-4(8,9)3-7/h2-3H2,1H3. The summed E-state index contributed by atoms with van der Waals surface area (Å²) in [4.78, 5) is 0. The lowest BCUT2D eigenvalue weighted by Crippen LogP contribution is -2.46. The van der Waals surface area contributed by atoms with Crippen molar-refractivity contribution in [2.75, 3.05) is 13.8 Å². The van der Waals surface area contributed by atoms with Crippen LogP contribution in [0.4, 0.5) is 30.7 Å². The van der Waals surface area contributed by atoms with Gasteiger partial charge < -0.3 is 4.74 Å². The molecule has 0 saturated heterocycles. The molecule has 0 aromatic rings. The van der Waals surface area contributed by atoms with E-state index < -0.39 is 31.0 Å². The number of hydrogen-bond donors (Lipinski definition) is 0. The highest BCUT2D eigenvalue weighted by Gasteiger charge is 2.61. The predicted molar refractivity (Wildman–Crippen MR) is 32.4 cm³/mol. The van der Waals surface area contributed by atoms with E-state index in [1.807, 2.05) is 0 Å². The predicted octanol–water partition coefficient (Wildman–Crippen LogP) is 2.86. The minimum atomic E-state index is -5.11. The molecule has 0 aliphatic carbocycles. The van der Waals surface area contributed by atoms with Gasteiger partial charge in [-0.25, -0.2) is 13.2 Å². The monoisotopic (exact) mass is 228 g/mol. The van der Waals surface area contributed by atoms with Gasteiger partial charge in [0, 0.05) is 7.11 Å². The van der Waals surface area contributed by atoms with Crippen molar-refractivity contribution in [3.05, 3.63) is 0 Å². The fraction of sp³-hybridized carbons (Fsp3) is 1.00. The Balaban J connectivity index is 4.64. The van der Waals surface area contributed by atoms with Crippen LogP contribution < -0.4 is 0 Å². The molecule has 0 rings (SSSR count). The summed E-state index contributed by atoms with van der Waals surface area (Å²) < 4.78 is 87.7. The van der Waals surface area contributed by atoms with Crippen LogP contribution in [0.25, 0.3) is 0 Å². The molecule has 0 radical (unpaired) electrons. The first-order chi connectivity index (χ1) is 6.08. The minimum Gasteiger partial charge on any atom is -0.319 e. The zero-order valence-corrected chi connectivity index (χ0v) is 6.97. The van der Waals surface area contributed by atoms with Crippen LogP contribution in [-0.2, 0) is 4.74 Å². The number of ether oxygens (including phenoxy) is 1. The van der Waals surface area contributed by atoms with Gasteiger partial charge in [0.15, 0.2) is 6.67 Å². The molecule has 0 aromatic heterocycles. The van der Waals surface area contributed by atoms with E-state index in [4.69, 9.17) is 0 Å². The van der Waals surface area contributed by atoms with E-state index in [9.17, 15) is 30.7 Å². The summed E-state index contributed by atoms with van der Waals surface area (Å²) in [6.07, 6.45) is -7.64. The number of halogens is 7. The summed E-state index contributed by atoms with van der Waals surface area (Å²) in [5.74, 6) is -9.61. The molecule has 0 atom stereocenters. The van der Waals surface area contributed by atoms with Crippen LogP contribution in [0, 0.1) is 0 Å². The molecule has 0 unspecified atom stereocenters. The Kier molecular flexibility index (Phi) is 3.77. The molecule has 0 aromatic carbocycles. The summed E-state index contributed by atoms with van der Waals surface area (Å²) in [6.45, 7) is -2.43. The summed E-state index contributed by atoms with van der Waals surface area (Å²) in [6, 6.07) is 0. The smallest absolute Gasteiger partial charge is 0.319 e. The van der Waals surface area contributed by atoms with E-state index >= 15 is 0 Å². The van der Waals surface area contributed by atoms with Gasteiger partial charge in [-0.05, 0) is 0 Å². The molecule has 0 amide bonds. The van der Waals surface area contributed by atoms with Gasteiger partial charge in [-0.1, -0.05) is 0 Å². The lowest BCUT2D eigenvalue weighted by atomic mass is 10.1. The Bertz CT molecular complexity index is 191. The van der Waals surface area contributed by atoms with Gasteiger partial charge in [0.2, 0.25) is 0 Å². The average molecular weight is 228 g/mol. The maximum absolute atomic E-state index is 12.4. The van der Waals surface area contributed by atoms with E-state index in [1.54, 1.807) is 0 Å². The molecule has 0 aliphatic rings. The zero-order valence-electron chi connectivity index (χ0n) is 6.97. The number of alkyl halides is 7. The third-order valence-corrected chi connectivity index (χ3v) is 1.36. The lowest BCUT2D eigenvalue weighted by Gasteiger charge is -2.27. The van der Waals surface area contributed by atoms with Crippen LogP contribution in [0.15, 0.2) is 0 Å². The van der Waals surface area contributed by atoms with Gasteiger partial charge in [-0.15, -0.1) is 0 Å². The van der Waals surface area contributed by atoms with Gasteiger partial charge in [-0.2, -0.15) is 17.6 Å². The van der Waals surface area contributed by atoms with E-state index in [-0.39, 0.29) is 7.11 Å². The van der Waals surface area contributed by atoms with Crippen LogP contribution in [-0.4, -0.2) is 31.7 Å². The second kappa shape index (κ2) is 3.92. The molecule has 0 saturated carbocycles. The maximum Gasteiger partial charge on any atom is 0.419 e. The Hall–Kier alpha value is -0.530. The Labute approximate surface area is 74.8 Å². The summed E-state index contributed by atoms with van der Waals surface area (Å²) in [7, 11) is 0.238. The van der Waals surface area contributed by atoms with Crippen LogP contribution in [0.3, 0.4) is 0 Å². The second-order valence-corrected chi connectivity index (χ2v) is 2.59. The Morgan fingerprint density at radius 1 is 1.00 bits per heavy atom. The third-order valence-electron chi connectivity index (χ3n) is 1.36. The molecule has 14 heavy (non-hydrogen) atoms. The van der Waals surface area contributed by atoms with Gasteiger partial charge >= 0.3 is 12.0 Å². The zero-order chi connectivity index (χ0) is 11.6. The Morgan fingerprint density at radius 2 is 1.43 bits per heavy atom. The van der Waals surface area contributed by atoms with Crippen molar-refractivity contribution in [1.82, 2.24) is 0 Å². The first-order valence-corrected chi connectivity index (χ1v) is 3.32. The van der Waals surface area contributed by atoms with Crippen LogP contribution in [0.1, 0.15) is 6.42 Å². The van der Waals surface area contributed by atoms with Crippen molar-refractivity contribution in [2.24, 2.45) is 0 Å². The van der Waals surface area contributed by atoms with Gasteiger partial charge in [0.05, 0.1) is 6.42 Å². The quantitative estimate of drug-likeness (QED) is 0.657. The molecule has 0 spiro atoms. The highest BCUT2D eigenvalue weighted by atomic mass is 19.3. The first-order valence-electron chi connectivity index (χ1n) is 3.32. The lowest BCUT2D eigenvalue weighted by molar-refractivity contribution is -0.350. The number of rotatable bonds is 5. The fourth-order valence-corrected chi connectivity index (χ4v) is 0.624. The molecule has 86 valence electrons. The molecule has 0 bridgehead atoms. The molecular weight excluding hydrogens is 221 g/mol. The SMILES string of the molecule is COC(F)(F)C(F)(F)CC(F)(F)CF. The highest BCUT2D eigenvalue weighted by molar-refractivity contribution is 4.83. The minimum absolute atomic E-state index is 0.238. The number of hydrogen-bond acceptors (Lipinski definition) is 1. The third kappa shape index (κ3) is 3.00. The normalized spacial score (nSPS) is 14.6. The summed E-state index contributed by atoms with van der Waals surface area (Å²) in [5.41, 5.74) is 0. The van der Waals surface area contributed by atoms with Crippen molar-refractivity contribution in [3.63, 3.8) is 0 Å². The van der Waals surface area contributed by atoms with Crippen LogP contribution >= 0.6 is 0 Å². The molecule has 0 fully saturated rings. The molecule has 8 heteroatoms. The van der Waals surface area contributed by atoms with E-state index in [2.05, 4.69) is 4.74 Å². The van der Waals surface area contributed by atoms with Crippen molar-refractivity contribution >= 4 is 0 Å². The molecular formula is C6H7F7O. The average Bonchev–Trinajstić information content (AvgIpc) is 2.02. The van der Waals surface area contributed by atoms with Gasteiger partial charge in [0.25, 0.3) is 5.92 Å². The van der Waals surface area contributed by atoms with Gasteiger partial charge in [-0.3, -0.25) is 0 Å². The van der Waals surface area contributed by atoms with E-state index in [0.717, 1.165) is 0 Å². The number of methoxy groups -OCH3 is 1. The van der Waals surface area contributed by atoms with E-state index in [1.165, 1.54) is 0 Å². The van der Waals surface area contributed by atoms with E-state index in [0.29, 0.717) is 0 Å². The summed E-state index contributed by atoms with van der Waals surface area (Å²) >= 11 is 0.